The molecule has 0 aliphatic carbocycles. The number of nitrogens with one attached hydrogen (secondary N) is 1. The largest absolute Gasteiger partial charge is 0.368 e. The topological polar surface area (TPSA) is 35.6 Å². The van der Waals surface area contributed by atoms with E-state index in [4.69, 9.17) is 0 Å². The van der Waals surface area contributed by atoms with Gasteiger partial charge in [0, 0.05) is 43.3 Å². The maximum atomic E-state index is 12.2. The third kappa shape index (κ3) is 4.26. The van der Waals surface area contributed by atoms with E-state index in [0.717, 1.165) is 32.6 Å². The smallest absolute Gasteiger partial charge is 0.317 e. The van der Waals surface area contributed by atoms with Gasteiger partial charge in [0.05, 0.1) is 0 Å². The highest BCUT2D eigenvalue weighted by molar-refractivity contribution is 7.09. The monoisotopic (exact) mass is 329 g/mol. The minimum absolute atomic E-state index is 0.0606. The van der Waals surface area contributed by atoms with Gasteiger partial charge in [-0.3, -0.25) is 0 Å². The molecule has 23 heavy (non-hydrogen) atoms. The van der Waals surface area contributed by atoms with E-state index in [0.29, 0.717) is 6.54 Å². The van der Waals surface area contributed by atoms with Crippen molar-refractivity contribution in [3.8, 4) is 0 Å². The van der Waals surface area contributed by atoms with Gasteiger partial charge in [0.2, 0.25) is 0 Å². The second kappa shape index (κ2) is 7.51. The van der Waals surface area contributed by atoms with Gasteiger partial charge < -0.3 is 15.1 Å². The van der Waals surface area contributed by atoms with E-state index in [-0.39, 0.29) is 6.03 Å². The van der Waals surface area contributed by atoms with Crippen molar-refractivity contribution >= 4 is 23.1 Å². The molecule has 1 fully saturated rings. The van der Waals surface area contributed by atoms with Crippen molar-refractivity contribution in [2.75, 3.05) is 37.6 Å². The normalized spacial score (nSPS) is 14.8. The summed E-state index contributed by atoms with van der Waals surface area (Å²) >= 11 is 1.74. The number of urea groups is 1. The molecule has 3 rings (SSSR count). The second-order valence-corrected chi connectivity index (χ2v) is 6.91. The Morgan fingerprint density at radius 2 is 2.00 bits per heavy atom. The Morgan fingerprint density at radius 1 is 1.17 bits per heavy atom. The average Bonchev–Trinajstić information content (AvgIpc) is 3.08. The minimum Gasteiger partial charge on any atom is -0.368 e. The Bertz CT molecular complexity index is 633. The molecule has 1 aliphatic heterocycles. The first-order valence-corrected chi connectivity index (χ1v) is 8.97. The lowest BCUT2D eigenvalue weighted by molar-refractivity contribution is 0.194. The van der Waals surface area contributed by atoms with E-state index in [1.807, 2.05) is 11.0 Å². The molecule has 1 aromatic carbocycles. The summed E-state index contributed by atoms with van der Waals surface area (Å²) in [5.74, 6) is 0. The summed E-state index contributed by atoms with van der Waals surface area (Å²) < 4.78 is 0. The Kier molecular flexibility index (Phi) is 5.18. The van der Waals surface area contributed by atoms with Gasteiger partial charge in [0.25, 0.3) is 0 Å². The van der Waals surface area contributed by atoms with Crippen molar-refractivity contribution in [1.29, 1.82) is 0 Å². The quantitative estimate of drug-likeness (QED) is 0.935. The van der Waals surface area contributed by atoms with Crippen molar-refractivity contribution < 1.29 is 4.79 Å². The zero-order chi connectivity index (χ0) is 16.1. The first kappa shape index (κ1) is 15.9. The molecule has 0 bridgehead atoms. The van der Waals surface area contributed by atoms with E-state index >= 15 is 0 Å². The van der Waals surface area contributed by atoms with Gasteiger partial charge in [-0.1, -0.05) is 18.2 Å². The predicted molar refractivity (Wildman–Crippen MR) is 96.4 cm³/mol. The first-order chi connectivity index (χ1) is 11.2. The van der Waals surface area contributed by atoms with Crippen molar-refractivity contribution in [2.24, 2.45) is 0 Å². The number of thiophene rings is 1. The highest BCUT2D eigenvalue weighted by Gasteiger charge is 2.20. The first-order valence-electron chi connectivity index (χ1n) is 8.09. The molecule has 4 nitrogen and oxygen atoms in total. The van der Waals surface area contributed by atoms with Gasteiger partial charge in [-0.15, -0.1) is 11.3 Å². The average molecular weight is 329 g/mol. The zero-order valence-electron chi connectivity index (χ0n) is 13.5. The summed E-state index contributed by atoms with van der Waals surface area (Å²) in [4.78, 5) is 17.8. The van der Waals surface area contributed by atoms with Crippen LogP contribution in [0, 0.1) is 6.92 Å². The maximum absolute atomic E-state index is 12.2. The number of aryl methyl sites for hydroxylation is 1. The fourth-order valence-corrected chi connectivity index (χ4v) is 3.56. The third-order valence-corrected chi connectivity index (χ3v) is 5.10. The van der Waals surface area contributed by atoms with Crippen LogP contribution in [0.2, 0.25) is 0 Å². The van der Waals surface area contributed by atoms with Gasteiger partial charge in [0.15, 0.2) is 0 Å². The summed E-state index contributed by atoms with van der Waals surface area (Å²) in [6.45, 7) is 6.15. The molecule has 122 valence electrons. The Labute approximate surface area is 141 Å². The van der Waals surface area contributed by atoms with Gasteiger partial charge in [-0.05, 0) is 42.5 Å². The van der Waals surface area contributed by atoms with E-state index in [1.165, 1.54) is 16.1 Å². The van der Waals surface area contributed by atoms with Crippen LogP contribution in [0.3, 0.4) is 0 Å². The lowest BCUT2D eigenvalue weighted by Gasteiger charge is -2.36. The van der Waals surface area contributed by atoms with Crippen LogP contribution >= 0.6 is 11.3 Å². The molecule has 1 N–H and O–H groups in total. The van der Waals surface area contributed by atoms with Gasteiger partial charge in [-0.25, -0.2) is 4.79 Å². The zero-order valence-corrected chi connectivity index (χ0v) is 14.3. The SMILES string of the molecule is Cc1cccc(N2CCN(C(=O)NCCc3cccs3)CC2)c1. The number of rotatable bonds is 4. The minimum atomic E-state index is 0.0606. The van der Waals surface area contributed by atoms with E-state index in [2.05, 4.69) is 52.9 Å². The Morgan fingerprint density at radius 3 is 2.70 bits per heavy atom. The van der Waals surface area contributed by atoms with Crippen LogP contribution in [0.15, 0.2) is 41.8 Å². The second-order valence-electron chi connectivity index (χ2n) is 5.87. The van der Waals surface area contributed by atoms with Gasteiger partial charge in [-0.2, -0.15) is 0 Å². The molecular weight excluding hydrogens is 306 g/mol. The molecular formula is C18H23N3OS. The maximum Gasteiger partial charge on any atom is 0.317 e. The van der Waals surface area contributed by atoms with E-state index < -0.39 is 0 Å². The standard InChI is InChI=1S/C18H23N3OS/c1-15-4-2-5-16(14-15)20-9-11-21(12-10-20)18(22)19-8-7-17-6-3-13-23-17/h2-6,13-14H,7-12H2,1H3,(H,19,22). The van der Waals surface area contributed by atoms with Crippen molar-refractivity contribution in [3.63, 3.8) is 0 Å². The number of piperazine rings is 1. The van der Waals surface area contributed by atoms with Gasteiger partial charge in [0.1, 0.15) is 0 Å². The number of amides is 2. The fraction of sp³-hybridized carbons (Fsp3) is 0.389. The number of hydrogen-bond donors (Lipinski definition) is 1. The van der Waals surface area contributed by atoms with Crippen LogP contribution in [-0.2, 0) is 6.42 Å². The van der Waals surface area contributed by atoms with Crippen LogP contribution in [0.1, 0.15) is 10.4 Å². The van der Waals surface area contributed by atoms with Crippen LogP contribution in [-0.4, -0.2) is 43.7 Å². The number of hydrogen-bond acceptors (Lipinski definition) is 3. The molecule has 2 amide bonds. The number of anilines is 1. The van der Waals surface area contributed by atoms with E-state index in [1.54, 1.807) is 11.3 Å². The molecule has 0 atom stereocenters. The number of carbonyl (C=O) groups excluding carboxylic acids is 1. The number of nitrogens with zero attached hydrogens (tertiary/aromatic N) is 2. The van der Waals surface area contributed by atoms with Crippen LogP contribution in [0.25, 0.3) is 0 Å². The molecule has 1 aliphatic rings. The summed E-state index contributed by atoms with van der Waals surface area (Å²) in [6, 6.07) is 12.8. The summed E-state index contributed by atoms with van der Waals surface area (Å²) in [5, 5.41) is 5.10. The van der Waals surface area contributed by atoms with Crippen LogP contribution in [0.4, 0.5) is 10.5 Å². The molecule has 0 saturated carbocycles. The Balaban J connectivity index is 1.44. The molecule has 0 spiro atoms. The van der Waals surface area contributed by atoms with Gasteiger partial charge >= 0.3 is 6.03 Å². The van der Waals surface area contributed by atoms with E-state index in [9.17, 15) is 4.79 Å². The highest BCUT2D eigenvalue weighted by atomic mass is 32.1. The number of benzene rings is 1. The highest BCUT2D eigenvalue weighted by Crippen LogP contribution is 2.17. The fourth-order valence-electron chi connectivity index (χ4n) is 2.85. The van der Waals surface area contributed by atoms with Crippen LogP contribution in [0.5, 0.6) is 0 Å². The molecule has 5 heteroatoms. The summed E-state index contributed by atoms with van der Waals surface area (Å²) in [7, 11) is 0. The Hall–Kier alpha value is -2.01. The summed E-state index contributed by atoms with van der Waals surface area (Å²) in [6.07, 6.45) is 0.909. The molecule has 0 radical (unpaired) electrons. The lowest BCUT2D eigenvalue weighted by atomic mass is 10.2. The molecule has 1 aromatic heterocycles. The number of carbonyl (C=O) groups is 1. The lowest BCUT2D eigenvalue weighted by Crippen LogP contribution is -2.52. The summed E-state index contributed by atoms with van der Waals surface area (Å²) in [5.41, 5.74) is 2.53. The molecule has 0 unspecified atom stereocenters. The molecule has 2 aromatic rings. The third-order valence-electron chi connectivity index (χ3n) is 4.16. The predicted octanol–water partition coefficient (Wildman–Crippen LogP) is 3.13. The van der Waals surface area contributed by atoms with Crippen molar-refractivity contribution in [1.82, 2.24) is 10.2 Å². The van der Waals surface area contributed by atoms with Crippen molar-refractivity contribution in [3.05, 3.63) is 52.2 Å². The van der Waals surface area contributed by atoms with Crippen molar-refractivity contribution in [2.45, 2.75) is 13.3 Å². The molecule has 2 heterocycles. The molecule has 1 saturated heterocycles. The van der Waals surface area contributed by atoms with Crippen LogP contribution < -0.4 is 10.2 Å².